The molecule has 0 aliphatic carbocycles. The molecule has 2 aromatic rings. The van der Waals surface area contributed by atoms with Crippen molar-refractivity contribution in [3.8, 4) is 22.6 Å². The van der Waals surface area contributed by atoms with Gasteiger partial charge in [-0.3, -0.25) is 4.79 Å². The number of hydrogen-bond acceptors (Lipinski definition) is 3. The van der Waals surface area contributed by atoms with Crippen molar-refractivity contribution in [2.45, 2.75) is 6.42 Å². The Labute approximate surface area is 121 Å². The van der Waals surface area contributed by atoms with Gasteiger partial charge in [0, 0.05) is 17.2 Å². The average molecular weight is 290 g/mol. The zero-order valence-corrected chi connectivity index (χ0v) is 11.7. The summed E-state index contributed by atoms with van der Waals surface area (Å²) in [5.74, 6) is -0.508. The Kier molecular flexibility index (Phi) is 4.42. The summed E-state index contributed by atoms with van der Waals surface area (Å²) in [4.78, 5) is 10.8. The quantitative estimate of drug-likeness (QED) is 0.919. The molecule has 21 heavy (non-hydrogen) atoms. The van der Waals surface area contributed by atoms with Gasteiger partial charge in [0.25, 0.3) is 0 Å². The predicted octanol–water partition coefficient (Wildman–Crippen LogP) is 3.14. The molecule has 0 saturated heterocycles. The normalized spacial score (nSPS) is 10.2. The fraction of sp³-hybridized carbons (Fsp3) is 0.188. The second-order valence-corrected chi connectivity index (χ2v) is 4.45. The molecule has 0 bridgehead atoms. The van der Waals surface area contributed by atoms with Crippen molar-refractivity contribution < 1.29 is 23.8 Å². The van der Waals surface area contributed by atoms with E-state index in [2.05, 4.69) is 0 Å². The molecule has 0 radical (unpaired) electrons. The van der Waals surface area contributed by atoms with Crippen molar-refractivity contribution in [2.24, 2.45) is 0 Å². The molecule has 1 N–H and O–H groups in total. The van der Waals surface area contributed by atoms with Gasteiger partial charge in [0.05, 0.1) is 20.6 Å². The monoisotopic (exact) mass is 290 g/mol. The van der Waals surface area contributed by atoms with Gasteiger partial charge in [-0.05, 0) is 29.8 Å². The molecule has 5 heteroatoms. The SMILES string of the molecule is COc1ccc(-c2cc(CC(=O)O)ccc2OC)c(F)c1. The number of methoxy groups -OCH3 is 2. The molecule has 2 aromatic carbocycles. The van der Waals surface area contributed by atoms with Crippen LogP contribution < -0.4 is 9.47 Å². The average Bonchev–Trinajstić information content (AvgIpc) is 2.46. The van der Waals surface area contributed by atoms with Gasteiger partial charge in [-0.1, -0.05) is 6.07 Å². The summed E-state index contributed by atoms with van der Waals surface area (Å²) < 4.78 is 24.4. The van der Waals surface area contributed by atoms with E-state index in [0.717, 1.165) is 0 Å². The molecule has 4 nitrogen and oxygen atoms in total. The number of aliphatic carboxylic acids is 1. The Morgan fingerprint density at radius 3 is 2.43 bits per heavy atom. The summed E-state index contributed by atoms with van der Waals surface area (Å²) in [7, 11) is 2.94. The van der Waals surface area contributed by atoms with E-state index < -0.39 is 11.8 Å². The molecule has 2 rings (SSSR count). The number of ether oxygens (including phenoxy) is 2. The molecule has 0 saturated carbocycles. The van der Waals surface area contributed by atoms with Gasteiger partial charge in [0.15, 0.2) is 0 Å². The van der Waals surface area contributed by atoms with Crippen molar-refractivity contribution in [1.82, 2.24) is 0 Å². The lowest BCUT2D eigenvalue weighted by Gasteiger charge is -2.12. The highest BCUT2D eigenvalue weighted by Gasteiger charge is 2.13. The van der Waals surface area contributed by atoms with E-state index in [1.54, 1.807) is 30.3 Å². The first-order chi connectivity index (χ1) is 10.0. The third-order valence-corrected chi connectivity index (χ3v) is 3.09. The molecular formula is C16H15FO4. The highest BCUT2D eigenvalue weighted by Crippen LogP contribution is 2.34. The third kappa shape index (κ3) is 3.31. The summed E-state index contributed by atoms with van der Waals surface area (Å²) in [5, 5.41) is 8.86. The highest BCUT2D eigenvalue weighted by molar-refractivity contribution is 5.75. The van der Waals surface area contributed by atoms with Crippen molar-refractivity contribution in [3.05, 3.63) is 47.8 Å². The zero-order valence-electron chi connectivity index (χ0n) is 11.7. The number of benzene rings is 2. The number of halogens is 1. The van der Waals surface area contributed by atoms with Crippen LogP contribution in [0.5, 0.6) is 11.5 Å². The summed E-state index contributed by atoms with van der Waals surface area (Å²) in [6, 6.07) is 9.41. The van der Waals surface area contributed by atoms with Crippen LogP contribution in [0.3, 0.4) is 0 Å². The van der Waals surface area contributed by atoms with E-state index in [9.17, 15) is 9.18 Å². The van der Waals surface area contributed by atoms with Crippen LogP contribution in [-0.4, -0.2) is 25.3 Å². The largest absolute Gasteiger partial charge is 0.497 e. The minimum atomic E-state index is -0.943. The predicted molar refractivity (Wildman–Crippen MR) is 76.3 cm³/mol. The van der Waals surface area contributed by atoms with E-state index in [0.29, 0.717) is 28.2 Å². The van der Waals surface area contributed by atoms with Crippen LogP contribution in [0, 0.1) is 5.82 Å². The van der Waals surface area contributed by atoms with Crippen LogP contribution in [0.1, 0.15) is 5.56 Å². The van der Waals surface area contributed by atoms with E-state index in [1.165, 1.54) is 20.3 Å². The number of hydrogen-bond donors (Lipinski definition) is 1. The lowest BCUT2D eigenvalue weighted by molar-refractivity contribution is -0.136. The minimum Gasteiger partial charge on any atom is -0.497 e. The summed E-state index contributed by atoms with van der Waals surface area (Å²) >= 11 is 0. The van der Waals surface area contributed by atoms with Gasteiger partial charge in [-0.25, -0.2) is 4.39 Å². The standard InChI is InChI=1S/C16H15FO4/c1-20-11-4-5-12(14(17)9-11)13-7-10(8-16(18)19)3-6-15(13)21-2/h3-7,9H,8H2,1-2H3,(H,18,19). The number of rotatable bonds is 5. The Bertz CT molecular complexity index is 667. The molecule has 110 valence electrons. The van der Waals surface area contributed by atoms with Gasteiger partial charge in [-0.2, -0.15) is 0 Å². The van der Waals surface area contributed by atoms with Gasteiger partial charge in [0.1, 0.15) is 17.3 Å². The van der Waals surface area contributed by atoms with E-state index >= 15 is 0 Å². The Morgan fingerprint density at radius 2 is 1.86 bits per heavy atom. The van der Waals surface area contributed by atoms with Gasteiger partial charge < -0.3 is 14.6 Å². The molecule has 0 unspecified atom stereocenters. The first-order valence-electron chi connectivity index (χ1n) is 6.27. The Balaban J connectivity index is 2.52. The van der Waals surface area contributed by atoms with Crippen molar-refractivity contribution >= 4 is 5.97 Å². The zero-order chi connectivity index (χ0) is 15.4. The summed E-state index contributed by atoms with van der Waals surface area (Å²) in [6.07, 6.45) is -0.130. The second kappa shape index (κ2) is 6.26. The van der Waals surface area contributed by atoms with Crippen LogP contribution in [-0.2, 0) is 11.2 Å². The summed E-state index contributed by atoms with van der Waals surface area (Å²) in [5.41, 5.74) is 1.42. The maximum atomic E-state index is 14.2. The highest BCUT2D eigenvalue weighted by atomic mass is 19.1. The lowest BCUT2D eigenvalue weighted by Crippen LogP contribution is -2.01. The molecule has 0 amide bonds. The van der Waals surface area contributed by atoms with Crippen LogP contribution in [0.4, 0.5) is 4.39 Å². The van der Waals surface area contributed by atoms with Crippen molar-refractivity contribution in [2.75, 3.05) is 14.2 Å². The van der Waals surface area contributed by atoms with Gasteiger partial charge in [-0.15, -0.1) is 0 Å². The molecule has 0 aliphatic rings. The van der Waals surface area contributed by atoms with Crippen LogP contribution in [0.2, 0.25) is 0 Å². The number of carboxylic acids is 1. The van der Waals surface area contributed by atoms with Gasteiger partial charge >= 0.3 is 5.97 Å². The summed E-state index contributed by atoms with van der Waals surface area (Å²) in [6.45, 7) is 0. The molecule has 0 spiro atoms. The van der Waals surface area contributed by atoms with E-state index in [4.69, 9.17) is 14.6 Å². The minimum absolute atomic E-state index is 0.130. The number of carbonyl (C=O) groups is 1. The van der Waals surface area contributed by atoms with Crippen LogP contribution in [0.15, 0.2) is 36.4 Å². The maximum absolute atomic E-state index is 14.2. The van der Waals surface area contributed by atoms with Crippen molar-refractivity contribution in [1.29, 1.82) is 0 Å². The first-order valence-corrected chi connectivity index (χ1v) is 6.27. The molecule has 0 atom stereocenters. The lowest BCUT2D eigenvalue weighted by atomic mass is 10.00. The molecular weight excluding hydrogens is 275 g/mol. The topological polar surface area (TPSA) is 55.8 Å². The maximum Gasteiger partial charge on any atom is 0.307 e. The first kappa shape index (κ1) is 14.8. The number of carboxylic acid groups (broad SMARTS) is 1. The molecule has 0 aromatic heterocycles. The van der Waals surface area contributed by atoms with Crippen LogP contribution in [0.25, 0.3) is 11.1 Å². The van der Waals surface area contributed by atoms with Gasteiger partial charge in [0.2, 0.25) is 0 Å². The smallest absolute Gasteiger partial charge is 0.307 e. The van der Waals surface area contributed by atoms with Crippen molar-refractivity contribution in [3.63, 3.8) is 0 Å². The Hall–Kier alpha value is -2.56. The second-order valence-electron chi connectivity index (χ2n) is 4.45. The molecule has 0 fully saturated rings. The fourth-order valence-electron chi connectivity index (χ4n) is 2.09. The van der Waals surface area contributed by atoms with E-state index in [-0.39, 0.29) is 6.42 Å². The fourth-order valence-corrected chi connectivity index (χ4v) is 2.09. The van der Waals surface area contributed by atoms with E-state index in [1.807, 2.05) is 0 Å². The molecule has 0 heterocycles. The van der Waals surface area contributed by atoms with Crippen LogP contribution >= 0.6 is 0 Å². The Morgan fingerprint density at radius 1 is 1.10 bits per heavy atom. The molecule has 0 aliphatic heterocycles. The third-order valence-electron chi connectivity index (χ3n) is 3.09.